The summed E-state index contributed by atoms with van der Waals surface area (Å²) in [6.07, 6.45) is 0. The molecule has 5 heteroatoms. The summed E-state index contributed by atoms with van der Waals surface area (Å²) in [5.41, 5.74) is 2.73. The number of hydrogen-bond donors (Lipinski definition) is 3. The highest BCUT2D eigenvalue weighted by atomic mass is 16.3. The zero-order valence-corrected chi connectivity index (χ0v) is 14.4. The predicted octanol–water partition coefficient (Wildman–Crippen LogP) is 2.81. The summed E-state index contributed by atoms with van der Waals surface area (Å²) in [7, 11) is 0. The lowest BCUT2D eigenvalue weighted by Gasteiger charge is -2.17. The van der Waals surface area contributed by atoms with Gasteiger partial charge < -0.3 is 15.4 Å². The van der Waals surface area contributed by atoms with E-state index in [1.165, 1.54) is 0 Å². The molecule has 0 bridgehead atoms. The van der Waals surface area contributed by atoms with Crippen LogP contribution < -0.4 is 10.9 Å². The van der Waals surface area contributed by atoms with E-state index in [9.17, 15) is 14.7 Å². The van der Waals surface area contributed by atoms with Gasteiger partial charge in [0, 0.05) is 11.3 Å². The average molecular weight is 348 g/mol. The Balaban J connectivity index is 1.93. The normalized spacial score (nSPS) is 11.8. The highest BCUT2D eigenvalue weighted by molar-refractivity contribution is 5.95. The third-order valence-electron chi connectivity index (χ3n) is 4.26. The number of H-pyrrole nitrogens is 1. The minimum atomic E-state index is -0.579. The van der Waals surface area contributed by atoms with Gasteiger partial charge in [-0.1, -0.05) is 60.7 Å². The first-order valence-corrected chi connectivity index (χ1v) is 8.36. The van der Waals surface area contributed by atoms with Gasteiger partial charge in [-0.05, 0) is 24.1 Å². The summed E-state index contributed by atoms with van der Waals surface area (Å²) in [5, 5.41) is 12.3. The first-order chi connectivity index (χ1) is 12.6. The third-order valence-corrected chi connectivity index (χ3v) is 4.26. The second-order valence-corrected chi connectivity index (χ2v) is 6.04. The maximum atomic E-state index is 12.7. The van der Waals surface area contributed by atoms with Crippen LogP contribution in [0.4, 0.5) is 0 Å². The molecule has 0 saturated heterocycles. The van der Waals surface area contributed by atoms with Crippen LogP contribution in [0.25, 0.3) is 11.1 Å². The number of aliphatic hydroxyl groups is 1. The SMILES string of the molecule is Cc1[nH]c(=O)c(C(=O)NC(CO)c2ccccc2)cc1-c1ccccc1. The molecule has 0 saturated carbocycles. The number of carbonyl (C=O) groups is 1. The topological polar surface area (TPSA) is 82.2 Å². The lowest BCUT2D eigenvalue weighted by atomic mass is 10.0. The molecule has 5 nitrogen and oxygen atoms in total. The van der Waals surface area contributed by atoms with Crippen LogP contribution in [0.5, 0.6) is 0 Å². The van der Waals surface area contributed by atoms with Gasteiger partial charge in [0.05, 0.1) is 12.6 Å². The van der Waals surface area contributed by atoms with E-state index < -0.39 is 17.5 Å². The van der Waals surface area contributed by atoms with Gasteiger partial charge in [-0.25, -0.2) is 0 Å². The number of benzene rings is 2. The number of pyridine rings is 1. The number of amides is 1. The minimum absolute atomic E-state index is 0.0174. The quantitative estimate of drug-likeness (QED) is 0.663. The molecule has 3 rings (SSSR count). The molecule has 26 heavy (non-hydrogen) atoms. The number of nitrogens with one attached hydrogen (secondary N) is 2. The minimum Gasteiger partial charge on any atom is -0.394 e. The molecule has 0 spiro atoms. The van der Waals surface area contributed by atoms with E-state index in [-0.39, 0.29) is 12.2 Å². The summed E-state index contributed by atoms with van der Waals surface area (Å²) < 4.78 is 0. The molecule has 132 valence electrons. The third kappa shape index (κ3) is 3.73. The van der Waals surface area contributed by atoms with Crippen molar-refractivity contribution in [1.29, 1.82) is 0 Å². The average Bonchev–Trinajstić information content (AvgIpc) is 2.67. The smallest absolute Gasteiger partial charge is 0.261 e. The van der Waals surface area contributed by atoms with E-state index in [0.717, 1.165) is 16.7 Å². The Kier molecular flexibility index (Phi) is 5.29. The Labute approximate surface area is 151 Å². The van der Waals surface area contributed by atoms with Crippen LogP contribution in [0.1, 0.15) is 27.7 Å². The number of aromatic amines is 1. The molecule has 0 aliphatic carbocycles. The molecule has 3 N–H and O–H groups in total. The fourth-order valence-electron chi connectivity index (χ4n) is 2.87. The molecule has 0 fully saturated rings. The van der Waals surface area contributed by atoms with Crippen LogP contribution in [0, 0.1) is 6.92 Å². The van der Waals surface area contributed by atoms with Gasteiger partial charge in [0.2, 0.25) is 0 Å². The first-order valence-electron chi connectivity index (χ1n) is 8.36. The van der Waals surface area contributed by atoms with Crippen molar-refractivity contribution in [3.05, 3.63) is 93.9 Å². The van der Waals surface area contributed by atoms with Gasteiger partial charge in [-0.2, -0.15) is 0 Å². The van der Waals surface area contributed by atoms with Crippen LogP contribution in [-0.2, 0) is 0 Å². The molecule has 1 heterocycles. The molecule has 1 unspecified atom stereocenters. The largest absolute Gasteiger partial charge is 0.394 e. The second-order valence-electron chi connectivity index (χ2n) is 6.04. The van der Waals surface area contributed by atoms with Gasteiger partial charge in [-0.3, -0.25) is 9.59 Å². The van der Waals surface area contributed by atoms with E-state index >= 15 is 0 Å². The number of aliphatic hydroxyl groups excluding tert-OH is 1. The summed E-state index contributed by atoms with van der Waals surface area (Å²) in [5.74, 6) is -0.522. The monoisotopic (exact) mass is 348 g/mol. The van der Waals surface area contributed by atoms with Gasteiger partial charge in [0.1, 0.15) is 5.56 Å². The fourth-order valence-corrected chi connectivity index (χ4v) is 2.87. The molecule has 1 atom stereocenters. The predicted molar refractivity (Wildman–Crippen MR) is 101 cm³/mol. The van der Waals surface area contributed by atoms with Gasteiger partial charge >= 0.3 is 0 Å². The number of carbonyl (C=O) groups excluding carboxylic acids is 1. The Morgan fingerprint density at radius 1 is 1.08 bits per heavy atom. The number of aromatic nitrogens is 1. The molecule has 0 aliphatic heterocycles. The van der Waals surface area contributed by atoms with Gasteiger partial charge in [0.25, 0.3) is 11.5 Å². The molecule has 3 aromatic rings. The van der Waals surface area contributed by atoms with Crippen LogP contribution in [0.3, 0.4) is 0 Å². The number of rotatable bonds is 5. The van der Waals surface area contributed by atoms with Crippen molar-refractivity contribution in [3.8, 4) is 11.1 Å². The van der Waals surface area contributed by atoms with Crippen LogP contribution in [0.2, 0.25) is 0 Å². The van der Waals surface area contributed by atoms with Crippen LogP contribution in [0.15, 0.2) is 71.5 Å². The van der Waals surface area contributed by atoms with Gasteiger partial charge in [-0.15, -0.1) is 0 Å². The summed E-state index contributed by atoms with van der Waals surface area (Å²) in [6.45, 7) is 1.54. The van der Waals surface area contributed by atoms with Crippen molar-refractivity contribution in [1.82, 2.24) is 10.3 Å². The Hall–Kier alpha value is -3.18. The Morgan fingerprint density at radius 3 is 2.31 bits per heavy atom. The first kappa shape index (κ1) is 17.6. The molecule has 2 aromatic carbocycles. The van der Waals surface area contributed by atoms with Crippen molar-refractivity contribution in [2.45, 2.75) is 13.0 Å². The zero-order valence-electron chi connectivity index (χ0n) is 14.4. The van der Waals surface area contributed by atoms with Crippen molar-refractivity contribution >= 4 is 5.91 Å². The second kappa shape index (κ2) is 7.80. The molecular weight excluding hydrogens is 328 g/mol. The van der Waals surface area contributed by atoms with Crippen molar-refractivity contribution < 1.29 is 9.90 Å². The van der Waals surface area contributed by atoms with E-state index in [0.29, 0.717) is 5.69 Å². The van der Waals surface area contributed by atoms with E-state index in [1.807, 2.05) is 60.7 Å². The molecule has 0 aliphatic rings. The summed E-state index contributed by atoms with van der Waals surface area (Å²) in [6, 6.07) is 19.7. The van der Waals surface area contributed by atoms with E-state index in [4.69, 9.17) is 0 Å². The number of hydrogen-bond acceptors (Lipinski definition) is 3. The van der Waals surface area contributed by atoms with Crippen molar-refractivity contribution in [2.24, 2.45) is 0 Å². The van der Waals surface area contributed by atoms with Crippen molar-refractivity contribution in [2.75, 3.05) is 6.61 Å². The van der Waals surface area contributed by atoms with Crippen LogP contribution >= 0.6 is 0 Å². The Morgan fingerprint density at radius 2 is 1.69 bits per heavy atom. The molecule has 1 amide bonds. The van der Waals surface area contributed by atoms with E-state index in [1.54, 1.807) is 13.0 Å². The Bertz CT molecular complexity index is 950. The maximum absolute atomic E-state index is 12.7. The maximum Gasteiger partial charge on any atom is 0.261 e. The molecule has 0 radical (unpaired) electrons. The summed E-state index contributed by atoms with van der Waals surface area (Å²) >= 11 is 0. The lowest BCUT2D eigenvalue weighted by molar-refractivity contribution is 0.0914. The van der Waals surface area contributed by atoms with E-state index in [2.05, 4.69) is 10.3 Å². The van der Waals surface area contributed by atoms with Crippen molar-refractivity contribution in [3.63, 3.8) is 0 Å². The lowest BCUT2D eigenvalue weighted by Crippen LogP contribution is -2.34. The highest BCUT2D eigenvalue weighted by Gasteiger charge is 2.18. The fraction of sp³-hybridized carbons (Fsp3) is 0.143. The standard InChI is InChI=1S/C21H20N2O3/c1-14-17(15-8-4-2-5-9-15)12-18(20(25)22-14)21(26)23-19(13-24)16-10-6-3-7-11-16/h2-12,19,24H,13H2,1H3,(H,22,25)(H,23,26). The van der Waals surface area contributed by atoms with Crippen LogP contribution in [-0.4, -0.2) is 22.6 Å². The van der Waals surface area contributed by atoms with Gasteiger partial charge in [0.15, 0.2) is 0 Å². The molecular formula is C21H20N2O3. The molecule has 1 aromatic heterocycles. The highest BCUT2D eigenvalue weighted by Crippen LogP contribution is 2.22. The summed E-state index contributed by atoms with van der Waals surface area (Å²) in [4.78, 5) is 27.7. The zero-order chi connectivity index (χ0) is 18.5. The number of aryl methyl sites for hydroxylation is 1.